The number of anilines is 2. The normalized spacial score (nSPS) is 10.3. The Kier molecular flexibility index (Phi) is 2.37. The minimum atomic E-state index is 0.169. The van der Waals surface area contributed by atoms with E-state index < -0.39 is 0 Å². The maximum atomic E-state index is 9.94. The van der Waals surface area contributed by atoms with Crippen molar-refractivity contribution in [2.45, 2.75) is 0 Å². The van der Waals surface area contributed by atoms with E-state index in [0.29, 0.717) is 12.0 Å². The Morgan fingerprint density at radius 2 is 2.08 bits per heavy atom. The summed E-state index contributed by atoms with van der Waals surface area (Å²) in [5.41, 5.74) is 11.2. The fourth-order valence-corrected chi connectivity index (χ4v) is 0.645. The van der Waals surface area contributed by atoms with E-state index >= 15 is 0 Å². The Labute approximate surface area is 69.1 Å². The molecule has 0 amide bonds. The molecule has 0 bridgehead atoms. The maximum Gasteiger partial charge on any atom is 0.166 e. The highest BCUT2D eigenvalue weighted by molar-refractivity contribution is 5.73. The number of carbonyl (C=O) groups excluding carboxylic acids is 1. The summed E-state index contributed by atoms with van der Waals surface area (Å²) in [6.07, 6.45) is 4.88. The number of allylic oxidation sites excluding steroid dienone is 1. The van der Waals surface area contributed by atoms with Crippen molar-refractivity contribution in [2.75, 3.05) is 11.5 Å². The van der Waals surface area contributed by atoms with Crippen LogP contribution in [0, 0.1) is 0 Å². The van der Waals surface area contributed by atoms with Gasteiger partial charge in [-0.2, -0.15) is 0 Å². The first-order valence-electron chi connectivity index (χ1n) is 3.24. The van der Waals surface area contributed by atoms with Gasteiger partial charge in [0.1, 0.15) is 6.29 Å². The lowest BCUT2D eigenvalue weighted by Gasteiger charge is -1.97. The van der Waals surface area contributed by atoms with Crippen molar-refractivity contribution < 1.29 is 4.79 Å². The van der Waals surface area contributed by atoms with Gasteiger partial charge in [0.15, 0.2) is 11.6 Å². The Bertz CT molecular complexity index is 321. The highest BCUT2D eigenvalue weighted by atomic mass is 16.1. The molecule has 12 heavy (non-hydrogen) atoms. The highest BCUT2D eigenvalue weighted by Crippen LogP contribution is 2.07. The second-order valence-electron chi connectivity index (χ2n) is 2.06. The van der Waals surface area contributed by atoms with Crippen LogP contribution >= 0.6 is 0 Å². The maximum absolute atomic E-state index is 9.94. The molecule has 1 aromatic rings. The predicted octanol–water partition coefficient (Wildman–Crippen LogP) is -0.147. The van der Waals surface area contributed by atoms with Gasteiger partial charge < -0.3 is 11.5 Å². The van der Waals surface area contributed by atoms with E-state index in [1.54, 1.807) is 0 Å². The van der Waals surface area contributed by atoms with E-state index in [1.807, 2.05) is 0 Å². The zero-order valence-corrected chi connectivity index (χ0v) is 6.27. The van der Waals surface area contributed by atoms with E-state index in [2.05, 4.69) is 9.97 Å². The number of aldehydes is 1. The molecular formula is C7H8N4O. The van der Waals surface area contributed by atoms with Crippen LogP contribution in [0.3, 0.4) is 0 Å². The van der Waals surface area contributed by atoms with Crippen LogP contribution in [0.4, 0.5) is 11.6 Å². The molecule has 0 aliphatic heterocycles. The number of rotatable bonds is 2. The smallest absolute Gasteiger partial charge is 0.166 e. The van der Waals surface area contributed by atoms with Crippen molar-refractivity contribution in [3.05, 3.63) is 18.0 Å². The average Bonchev–Trinajstić information content (AvgIpc) is 2.07. The molecule has 0 atom stereocenters. The Morgan fingerprint density at radius 3 is 2.67 bits per heavy atom. The van der Waals surface area contributed by atoms with Gasteiger partial charge in [0.2, 0.25) is 0 Å². The van der Waals surface area contributed by atoms with Gasteiger partial charge in [-0.05, 0) is 12.2 Å². The van der Waals surface area contributed by atoms with Crippen molar-refractivity contribution >= 4 is 24.0 Å². The van der Waals surface area contributed by atoms with Crippen LogP contribution in [0.15, 0.2) is 12.3 Å². The van der Waals surface area contributed by atoms with Crippen molar-refractivity contribution in [1.82, 2.24) is 9.97 Å². The molecule has 1 heterocycles. The van der Waals surface area contributed by atoms with Gasteiger partial charge in [-0.1, -0.05) is 0 Å². The number of nitrogen functional groups attached to an aromatic ring is 2. The number of aromatic nitrogens is 2. The number of hydrogen-bond donors (Lipinski definition) is 2. The molecule has 62 valence electrons. The lowest BCUT2D eigenvalue weighted by Crippen LogP contribution is -2.01. The molecule has 4 N–H and O–H groups in total. The Balaban J connectivity index is 2.96. The molecule has 0 saturated carbocycles. The topological polar surface area (TPSA) is 94.9 Å². The van der Waals surface area contributed by atoms with Crippen molar-refractivity contribution in [3.8, 4) is 0 Å². The Hall–Kier alpha value is -1.91. The fourth-order valence-electron chi connectivity index (χ4n) is 0.645. The SMILES string of the molecule is Nc1ncc(C=CC=O)nc1N. The molecule has 0 aliphatic rings. The van der Waals surface area contributed by atoms with Crippen LogP contribution in [0.5, 0.6) is 0 Å². The van der Waals surface area contributed by atoms with Crippen molar-refractivity contribution in [3.63, 3.8) is 0 Å². The van der Waals surface area contributed by atoms with E-state index in [-0.39, 0.29) is 11.6 Å². The third-order valence-corrected chi connectivity index (χ3v) is 1.19. The molecule has 1 rings (SSSR count). The third kappa shape index (κ3) is 1.79. The molecule has 0 radical (unpaired) electrons. The zero-order chi connectivity index (χ0) is 8.97. The first-order valence-corrected chi connectivity index (χ1v) is 3.24. The van der Waals surface area contributed by atoms with Gasteiger partial charge in [0, 0.05) is 0 Å². The van der Waals surface area contributed by atoms with E-state index in [0.717, 1.165) is 0 Å². The second-order valence-corrected chi connectivity index (χ2v) is 2.06. The summed E-state index contributed by atoms with van der Waals surface area (Å²) in [6, 6.07) is 0. The predicted molar refractivity (Wildman–Crippen MR) is 46.0 cm³/mol. The second kappa shape index (κ2) is 3.47. The van der Waals surface area contributed by atoms with Gasteiger partial charge in [-0.3, -0.25) is 4.79 Å². The highest BCUT2D eigenvalue weighted by Gasteiger charge is 1.96. The number of carbonyl (C=O) groups is 1. The largest absolute Gasteiger partial charge is 0.381 e. The summed E-state index contributed by atoms with van der Waals surface area (Å²) < 4.78 is 0. The molecule has 0 unspecified atom stereocenters. The fraction of sp³-hybridized carbons (Fsp3) is 0. The molecule has 0 spiro atoms. The molecule has 0 saturated heterocycles. The minimum absolute atomic E-state index is 0.169. The van der Waals surface area contributed by atoms with Gasteiger partial charge >= 0.3 is 0 Å². The van der Waals surface area contributed by atoms with Crippen LogP contribution in [-0.4, -0.2) is 16.3 Å². The summed E-state index contributed by atoms with van der Waals surface area (Å²) in [4.78, 5) is 17.5. The molecule has 5 nitrogen and oxygen atoms in total. The number of nitrogens with zero attached hydrogens (tertiary/aromatic N) is 2. The molecule has 5 heteroatoms. The van der Waals surface area contributed by atoms with Crippen LogP contribution in [-0.2, 0) is 4.79 Å². The molecule has 0 fully saturated rings. The zero-order valence-electron chi connectivity index (χ0n) is 6.27. The van der Waals surface area contributed by atoms with Crippen LogP contribution in [0.25, 0.3) is 6.08 Å². The van der Waals surface area contributed by atoms with Crippen molar-refractivity contribution in [2.24, 2.45) is 0 Å². The molecule has 0 aromatic carbocycles. The lowest BCUT2D eigenvalue weighted by atomic mass is 10.4. The van der Waals surface area contributed by atoms with E-state index in [9.17, 15) is 4.79 Å². The van der Waals surface area contributed by atoms with Gasteiger partial charge in [-0.25, -0.2) is 9.97 Å². The summed E-state index contributed by atoms with van der Waals surface area (Å²) >= 11 is 0. The van der Waals surface area contributed by atoms with Crippen LogP contribution < -0.4 is 11.5 Å². The quantitative estimate of drug-likeness (QED) is 0.468. The first-order chi connectivity index (χ1) is 5.74. The van der Waals surface area contributed by atoms with Crippen molar-refractivity contribution in [1.29, 1.82) is 0 Å². The summed E-state index contributed by atoms with van der Waals surface area (Å²) in [5.74, 6) is 0.362. The van der Waals surface area contributed by atoms with Gasteiger partial charge in [0.05, 0.1) is 11.9 Å². The van der Waals surface area contributed by atoms with Crippen LogP contribution in [0.1, 0.15) is 5.69 Å². The van der Waals surface area contributed by atoms with Gasteiger partial charge in [-0.15, -0.1) is 0 Å². The molecule has 1 aromatic heterocycles. The summed E-state index contributed by atoms with van der Waals surface area (Å²) in [6.45, 7) is 0. The number of nitrogens with two attached hydrogens (primary N) is 2. The Morgan fingerprint density at radius 1 is 1.33 bits per heavy atom. The summed E-state index contributed by atoms with van der Waals surface area (Å²) in [5, 5.41) is 0. The van der Waals surface area contributed by atoms with E-state index in [4.69, 9.17) is 11.5 Å². The molecular weight excluding hydrogens is 156 g/mol. The standard InChI is InChI=1S/C7H8N4O/c8-6-7(9)11-5(4-10-6)2-1-3-12/h1-4H,(H2,8,10)(H2,9,11). The molecule has 0 aliphatic carbocycles. The lowest BCUT2D eigenvalue weighted by molar-refractivity contribution is -0.104. The van der Waals surface area contributed by atoms with E-state index in [1.165, 1.54) is 18.3 Å². The minimum Gasteiger partial charge on any atom is -0.381 e. The third-order valence-electron chi connectivity index (χ3n) is 1.19. The monoisotopic (exact) mass is 164 g/mol. The van der Waals surface area contributed by atoms with Gasteiger partial charge in [0.25, 0.3) is 0 Å². The first kappa shape index (κ1) is 8.19. The van der Waals surface area contributed by atoms with Crippen LogP contribution in [0.2, 0.25) is 0 Å². The average molecular weight is 164 g/mol. The summed E-state index contributed by atoms with van der Waals surface area (Å²) in [7, 11) is 0. The number of hydrogen-bond acceptors (Lipinski definition) is 5.